The van der Waals surface area contributed by atoms with Gasteiger partial charge in [-0.2, -0.15) is 0 Å². The first kappa shape index (κ1) is 12.7. The summed E-state index contributed by atoms with van der Waals surface area (Å²) in [6.07, 6.45) is 9.00. The van der Waals surface area contributed by atoms with E-state index in [0.717, 1.165) is 32.1 Å². The summed E-state index contributed by atoms with van der Waals surface area (Å²) in [7, 11) is 0. The topological polar surface area (TPSA) is 66.4 Å². The summed E-state index contributed by atoms with van der Waals surface area (Å²) >= 11 is 0. The molecular weight excluding hydrogens is 242 g/mol. The number of carboxylic acids is 1. The van der Waals surface area contributed by atoms with Gasteiger partial charge in [-0.1, -0.05) is 19.1 Å². The second kappa shape index (κ2) is 4.36. The molecule has 0 heterocycles. The third-order valence-corrected chi connectivity index (χ3v) is 5.42. The van der Waals surface area contributed by atoms with Crippen molar-refractivity contribution in [1.82, 2.24) is 5.32 Å². The lowest BCUT2D eigenvalue weighted by Crippen LogP contribution is -2.56. The van der Waals surface area contributed by atoms with Crippen LogP contribution in [0.25, 0.3) is 0 Å². The molecule has 3 rings (SSSR count). The fourth-order valence-corrected chi connectivity index (χ4v) is 4.03. The van der Waals surface area contributed by atoms with Crippen LogP contribution in [0.1, 0.15) is 39.0 Å². The second-order valence-electron chi connectivity index (χ2n) is 6.31. The Balaban J connectivity index is 1.75. The van der Waals surface area contributed by atoms with Gasteiger partial charge in [0.25, 0.3) is 0 Å². The maximum absolute atomic E-state index is 12.5. The molecule has 104 valence electrons. The molecule has 0 aromatic rings. The summed E-state index contributed by atoms with van der Waals surface area (Å²) in [5.41, 5.74) is -0.0499. The first-order valence-corrected chi connectivity index (χ1v) is 7.29. The summed E-state index contributed by atoms with van der Waals surface area (Å²) in [5.74, 6) is -1.57. The minimum atomic E-state index is -0.823. The highest BCUT2D eigenvalue weighted by molar-refractivity contribution is 5.87. The van der Waals surface area contributed by atoms with Crippen LogP contribution >= 0.6 is 0 Å². The zero-order chi connectivity index (χ0) is 13.6. The Morgan fingerprint density at radius 2 is 1.89 bits per heavy atom. The van der Waals surface area contributed by atoms with Crippen molar-refractivity contribution in [3.63, 3.8) is 0 Å². The average Bonchev–Trinajstić information content (AvgIpc) is 2.93. The zero-order valence-electron chi connectivity index (χ0n) is 11.3. The largest absolute Gasteiger partial charge is 0.481 e. The molecule has 2 N–H and O–H groups in total. The summed E-state index contributed by atoms with van der Waals surface area (Å²) in [4.78, 5) is 23.9. The van der Waals surface area contributed by atoms with Gasteiger partial charge in [-0.3, -0.25) is 9.59 Å². The Labute approximate surface area is 113 Å². The summed E-state index contributed by atoms with van der Waals surface area (Å²) in [5, 5.41) is 12.5. The number of allylic oxidation sites excluding steroid dienone is 2. The van der Waals surface area contributed by atoms with Crippen molar-refractivity contribution in [1.29, 1.82) is 0 Å². The summed E-state index contributed by atoms with van der Waals surface area (Å²) in [6.45, 7) is 2.09. The van der Waals surface area contributed by atoms with E-state index in [4.69, 9.17) is 0 Å². The van der Waals surface area contributed by atoms with E-state index in [2.05, 4.69) is 12.2 Å². The number of fused-ring (bicyclic) bond motifs is 2. The van der Waals surface area contributed by atoms with E-state index in [1.54, 1.807) is 0 Å². The second-order valence-corrected chi connectivity index (χ2v) is 6.31. The number of carbonyl (C=O) groups excluding carboxylic acids is 1. The van der Waals surface area contributed by atoms with Crippen molar-refractivity contribution in [2.24, 2.45) is 23.7 Å². The van der Waals surface area contributed by atoms with Gasteiger partial charge >= 0.3 is 5.97 Å². The predicted octanol–water partition coefficient (Wildman–Crippen LogP) is 1.96. The minimum Gasteiger partial charge on any atom is -0.481 e. The van der Waals surface area contributed by atoms with Crippen molar-refractivity contribution < 1.29 is 14.7 Å². The highest BCUT2D eigenvalue weighted by Gasteiger charge is 2.52. The molecule has 0 aliphatic heterocycles. The SMILES string of the molecule is CCC1(NC(=O)[C@H]2C3C=CC(C3)[C@H]2C(=O)O)CCC1. The maximum atomic E-state index is 12.5. The molecule has 2 unspecified atom stereocenters. The fraction of sp³-hybridized carbons (Fsp3) is 0.733. The van der Waals surface area contributed by atoms with Crippen molar-refractivity contribution in [3.05, 3.63) is 12.2 Å². The van der Waals surface area contributed by atoms with E-state index >= 15 is 0 Å². The maximum Gasteiger partial charge on any atom is 0.307 e. The van der Waals surface area contributed by atoms with Gasteiger partial charge in [-0.15, -0.1) is 0 Å². The molecule has 4 nitrogen and oxygen atoms in total. The Morgan fingerprint density at radius 3 is 2.37 bits per heavy atom. The predicted molar refractivity (Wildman–Crippen MR) is 70.4 cm³/mol. The Hall–Kier alpha value is -1.32. The summed E-state index contributed by atoms with van der Waals surface area (Å²) in [6, 6.07) is 0. The van der Waals surface area contributed by atoms with Crippen molar-refractivity contribution >= 4 is 11.9 Å². The number of nitrogens with one attached hydrogen (secondary N) is 1. The molecule has 2 bridgehead atoms. The van der Waals surface area contributed by atoms with Crippen molar-refractivity contribution in [3.8, 4) is 0 Å². The molecule has 0 spiro atoms. The lowest BCUT2D eigenvalue weighted by Gasteiger charge is -2.43. The van der Waals surface area contributed by atoms with Crippen molar-refractivity contribution in [2.75, 3.05) is 0 Å². The first-order valence-electron chi connectivity index (χ1n) is 7.29. The molecule has 0 radical (unpaired) electrons. The molecule has 3 aliphatic rings. The number of hydrogen-bond acceptors (Lipinski definition) is 2. The van der Waals surface area contributed by atoms with Gasteiger partial charge in [0.05, 0.1) is 11.8 Å². The van der Waals surface area contributed by atoms with Crippen LogP contribution < -0.4 is 5.32 Å². The standard InChI is InChI=1S/C15H21NO3/c1-2-15(6-3-7-15)16-13(17)11-9-4-5-10(8-9)12(11)14(18)19/h4-5,9-12H,2-3,6-8H2,1H3,(H,16,17)(H,18,19)/t9?,10?,11-,12+/m0/s1. The van der Waals surface area contributed by atoms with Gasteiger partial charge in [-0.05, 0) is 43.9 Å². The number of aliphatic carboxylic acids is 1. The highest BCUT2D eigenvalue weighted by atomic mass is 16.4. The third kappa shape index (κ3) is 1.88. The Kier molecular flexibility index (Phi) is 2.91. The van der Waals surface area contributed by atoms with E-state index in [1.165, 1.54) is 0 Å². The Morgan fingerprint density at radius 1 is 1.26 bits per heavy atom. The van der Waals surface area contributed by atoms with Crippen LogP contribution in [0.5, 0.6) is 0 Å². The number of carbonyl (C=O) groups is 2. The molecule has 2 saturated carbocycles. The molecule has 0 saturated heterocycles. The third-order valence-electron chi connectivity index (χ3n) is 5.42. The minimum absolute atomic E-state index is 0.0363. The van der Waals surface area contributed by atoms with Gasteiger partial charge in [0, 0.05) is 5.54 Å². The van der Waals surface area contributed by atoms with Crippen LogP contribution in [0.2, 0.25) is 0 Å². The molecule has 1 amide bonds. The molecule has 0 aromatic carbocycles. The van der Waals surface area contributed by atoms with E-state index in [9.17, 15) is 14.7 Å². The first-order chi connectivity index (χ1) is 9.06. The van der Waals surface area contributed by atoms with E-state index in [1.807, 2.05) is 12.2 Å². The smallest absolute Gasteiger partial charge is 0.307 e. The molecule has 2 fully saturated rings. The quantitative estimate of drug-likeness (QED) is 0.762. The molecule has 19 heavy (non-hydrogen) atoms. The van der Waals surface area contributed by atoms with Gasteiger partial charge in [0.2, 0.25) is 5.91 Å². The molecule has 4 heteroatoms. The van der Waals surface area contributed by atoms with Crippen LogP contribution in [0.4, 0.5) is 0 Å². The zero-order valence-corrected chi connectivity index (χ0v) is 11.3. The van der Waals surface area contributed by atoms with E-state index in [-0.39, 0.29) is 29.2 Å². The lowest BCUT2D eigenvalue weighted by atomic mass is 9.73. The van der Waals surface area contributed by atoms with Crippen LogP contribution in [0.15, 0.2) is 12.2 Å². The van der Waals surface area contributed by atoms with Crippen LogP contribution in [-0.4, -0.2) is 22.5 Å². The molecule has 0 aromatic heterocycles. The van der Waals surface area contributed by atoms with Gasteiger partial charge in [0.15, 0.2) is 0 Å². The van der Waals surface area contributed by atoms with Gasteiger partial charge < -0.3 is 10.4 Å². The molecular formula is C15H21NO3. The number of hydrogen-bond donors (Lipinski definition) is 2. The Bertz CT molecular complexity index is 433. The van der Waals surface area contributed by atoms with Crippen LogP contribution in [-0.2, 0) is 9.59 Å². The number of rotatable bonds is 4. The van der Waals surface area contributed by atoms with Gasteiger partial charge in [-0.25, -0.2) is 0 Å². The highest BCUT2D eigenvalue weighted by Crippen LogP contribution is 2.48. The molecule has 3 aliphatic carbocycles. The molecule has 4 atom stereocenters. The lowest BCUT2D eigenvalue weighted by molar-refractivity contribution is -0.148. The average molecular weight is 263 g/mol. The monoisotopic (exact) mass is 263 g/mol. The van der Waals surface area contributed by atoms with Crippen LogP contribution in [0, 0.1) is 23.7 Å². The van der Waals surface area contributed by atoms with Gasteiger partial charge in [0.1, 0.15) is 0 Å². The van der Waals surface area contributed by atoms with E-state index < -0.39 is 11.9 Å². The summed E-state index contributed by atoms with van der Waals surface area (Å²) < 4.78 is 0. The number of carboxylic acid groups (broad SMARTS) is 1. The van der Waals surface area contributed by atoms with E-state index in [0.29, 0.717) is 0 Å². The van der Waals surface area contributed by atoms with Crippen molar-refractivity contribution in [2.45, 2.75) is 44.6 Å². The normalized spacial score (nSPS) is 37.9. The fourth-order valence-electron chi connectivity index (χ4n) is 4.03. The van der Waals surface area contributed by atoms with Crippen LogP contribution in [0.3, 0.4) is 0 Å². The number of amides is 1.